The average molecular weight is 448 g/mol. The molecule has 0 spiro atoms. The molecule has 1 aliphatic heterocycles. The van der Waals surface area contributed by atoms with E-state index >= 15 is 0 Å². The third kappa shape index (κ3) is 5.05. The third-order valence-corrected chi connectivity index (χ3v) is 4.74. The molecule has 1 aliphatic rings. The fraction of sp³-hybridized carbons (Fsp3) is 0.381. The van der Waals surface area contributed by atoms with Gasteiger partial charge in [-0.1, -0.05) is 0 Å². The largest absolute Gasteiger partial charge is 0.482 e. The number of nitrogens with one attached hydrogen (secondary N) is 1. The van der Waals surface area contributed by atoms with E-state index in [2.05, 4.69) is 5.32 Å². The van der Waals surface area contributed by atoms with Crippen LogP contribution in [-0.4, -0.2) is 50.3 Å². The molecule has 0 unspecified atom stereocenters. The maximum absolute atomic E-state index is 12.7. The zero-order valence-electron chi connectivity index (χ0n) is 18.3. The first-order valence-electron chi connectivity index (χ1n) is 9.58. The zero-order chi connectivity index (χ0) is 24.0. The van der Waals surface area contributed by atoms with Crippen molar-refractivity contribution in [3.63, 3.8) is 0 Å². The second kappa shape index (κ2) is 10.4. The number of hydrogen-bond acceptors (Lipinski definition) is 10. The Morgan fingerprint density at radius 3 is 2.09 bits per heavy atom. The summed E-state index contributed by atoms with van der Waals surface area (Å²) in [5.74, 6) is -3.22. The summed E-state index contributed by atoms with van der Waals surface area (Å²) in [4.78, 5) is 47.9. The molecule has 172 valence electrons. The van der Waals surface area contributed by atoms with Crippen LogP contribution in [0.25, 0.3) is 0 Å². The molecule has 32 heavy (non-hydrogen) atoms. The van der Waals surface area contributed by atoms with Crippen molar-refractivity contribution in [3.05, 3.63) is 56.4 Å². The molecule has 2 rings (SSSR count). The number of esters is 3. The predicted octanol–water partition coefficient (Wildman–Crippen LogP) is 2.12. The van der Waals surface area contributed by atoms with Crippen molar-refractivity contribution in [1.29, 1.82) is 0 Å². The quantitative estimate of drug-likeness (QED) is 0.272. The number of nitro benzene ring substituents is 1. The number of dihydropyridines is 1. The van der Waals surface area contributed by atoms with Gasteiger partial charge in [-0.2, -0.15) is 0 Å². The normalized spacial score (nSPS) is 13.9. The van der Waals surface area contributed by atoms with E-state index in [9.17, 15) is 24.5 Å². The van der Waals surface area contributed by atoms with Crippen LogP contribution in [0.4, 0.5) is 5.69 Å². The van der Waals surface area contributed by atoms with E-state index in [1.165, 1.54) is 32.4 Å². The van der Waals surface area contributed by atoms with Crippen molar-refractivity contribution in [3.8, 4) is 5.75 Å². The van der Waals surface area contributed by atoms with E-state index in [4.69, 9.17) is 18.9 Å². The van der Waals surface area contributed by atoms with Crippen LogP contribution in [0.15, 0.2) is 40.7 Å². The summed E-state index contributed by atoms with van der Waals surface area (Å²) < 4.78 is 20.2. The number of non-ortho nitro benzene ring substituents is 1. The Hall–Kier alpha value is -3.89. The van der Waals surface area contributed by atoms with E-state index in [0.29, 0.717) is 11.4 Å². The molecular weight excluding hydrogens is 424 g/mol. The molecule has 0 saturated heterocycles. The molecular formula is C21H24N2O9. The molecule has 11 nitrogen and oxygen atoms in total. The molecule has 1 heterocycles. The Bertz CT molecular complexity index is 973. The van der Waals surface area contributed by atoms with Gasteiger partial charge in [0.1, 0.15) is 5.75 Å². The Labute approximate surface area is 184 Å². The highest BCUT2D eigenvalue weighted by atomic mass is 16.6. The SMILES string of the molecule is CCOC(=O)COc1ccc([N+](=O)[O-])cc1C1C(C(=O)OC)=C(C)NC(C)=C1C(=O)OC. The van der Waals surface area contributed by atoms with E-state index in [1.54, 1.807) is 20.8 Å². The van der Waals surface area contributed by atoms with Crippen LogP contribution < -0.4 is 10.1 Å². The van der Waals surface area contributed by atoms with E-state index in [-0.39, 0.29) is 34.8 Å². The van der Waals surface area contributed by atoms with Crippen molar-refractivity contribution in [1.82, 2.24) is 5.32 Å². The number of rotatable bonds is 8. The first kappa shape index (κ1) is 24.4. The van der Waals surface area contributed by atoms with Crippen LogP contribution in [-0.2, 0) is 28.6 Å². The first-order valence-corrected chi connectivity index (χ1v) is 9.58. The van der Waals surface area contributed by atoms with Gasteiger partial charge in [-0.05, 0) is 26.8 Å². The number of allylic oxidation sites excluding steroid dienone is 2. The highest BCUT2D eigenvalue weighted by Gasteiger charge is 2.39. The second-order valence-corrected chi connectivity index (χ2v) is 6.69. The number of hydrogen-bond donors (Lipinski definition) is 1. The summed E-state index contributed by atoms with van der Waals surface area (Å²) in [6, 6.07) is 3.67. The Balaban J connectivity index is 2.75. The minimum atomic E-state index is -1.12. The predicted molar refractivity (Wildman–Crippen MR) is 111 cm³/mol. The highest BCUT2D eigenvalue weighted by molar-refractivity contribution is 6.00. The minimum absolute atomic E-state index is 0.0417. The molecule has 0 radical (unpaired) electrons. The summed E-state index contributed by atoms with van der Waals surface area (Å²) >= 11 is 0. The fourth-order valence-corrected chi connectivity index (χ4v) is 3.41. The van der Waals surface area contributed by atoms with Gasteiger partial charge < -0.3 is 24.3 Å². The standard InChI is InChI=1S/C21H24N2O9/c1-6-31-16(24)10-32-15-8-7-13(23(27)28)9-14(15)19-17(20(25)29-4)11(2)22-12(3)18(19)21(26)30-5/h7-9,19,22H,6,10H2,1-5H3. The van der Waals surface area contributed by atoms with Crippen molar-refractivity contribution in [2.24, 2.45) is 0 Å². The van der Waals surface area contributed by atoms with Gasteiger partial charge in [0.15, 0.2) is 6.61 Å². The Morgan fingerprint density at radius 1 is 1.06 bits per heavy atom. The van der Waals surface area contributed by atoms with Crippen molar-refractivity contribution < 1.29 is 38.3 Å². The molecule has 0 aliphatic carbocycles. The van der Waals surface area contributed by atoms with Crippen LogP contribution in [0.3, 0.4) is 0 Å². The molecule has 0 saturated carbocycles. The van der Waals surface area contributed by atoms with Crippen LogP contribution in [0.5, 0.6) is 5.75 Å². The second-order valence-electron chi connectivity index (χ2n) is 6.69. The lowest BCUT2D eigenvalue weighted by molar-refractivity contribution is -0.384. The minimum Gasteiger partial charge on any atom is -0.482 e. The van der Waals surface area contributed by atoms with E-state index < -0.39 is 35.4 Å². The molecule has 1 N–H and O–H groups in total. The monoisotopic (exact) mass is 448 g/mol. The molecule has 0 amide bonds. The van der Waals surface area contributed by atoms with Crippen molar-refractivity contribution in [2.45, 2.75) is 26.7 Å². The van der Waals surface area contributed by atoms with Gasteiger partial charge in [0.2, 0.25) is 0 Å². The van der Waals surface area contributed by atoms with Crippen molar-refractivity contribution >= 4 is 23.6 Å². The lowest BCUT2D eigenvalue weighted by atomic mass is 9.80. The molecule has 1 aromatic rings. The number of methoxy groups -OCH3 is 2. The van der Waals surface area contributed by atoms with Crippen molar-refractivity contribution in [2.75, 3.05) is 27.4 Å². The van der Waals surface area contributed by atoms with Gasteiger partial charge in [-0.25, -0.2) is 14.4 Å². The summed E-state index contributed by atoms with van der Waals surface area (Å²) in [6.45, 7) is 4.51. The summed E-state index contributed by atoms with van der Waals surface area (Å²) in [7, 11) is 2.35. The number of carbonyl (C=O) groups excluding carboxylic acids is 3. The molecule has 1 aromatic carbocycles. The third-order valence-electron chi connectivity index (χ3n) is 4.74. The Morgan fingerprint density at radius 2 is 1.62 bits per heavy atom. The zero-order valence-corrected chi connectivity index (χ0v) is 18.3. The van der Waals surface area contributed by atoms with Crippen LogP contribution >= 0.6 is 0 Å². The number of benzene rings is 1. The fourth-order valence-electron chi connectivity index (χ4n) is 3.41. The highest BCUT2D eigenvalue weighted by Crippen LogP contribution is 2.43. The van der Waals surface area contributed by atoms with Gasteiger partial charge in [0.05, 0.1) is 42.8 Å². The number of carbonyl (C=O) groups is 3. The number of ether oxygens (including phenoxy) is 4. The van der Waals surface area contributed by atoms with Crippen LogP contribution in [0, 0.1) is 10.1 Å². The molecule has 0 atom stereocenters. The Kier molecular flexibility index (Phi) is 7.94. The van der Waals surface area contributed by atoms with E-state index in [0.717, 1.165) is 0 Å². The lowest BCUT2D eigenvalue weighted by Crippen LogP contribution is -2.32. The maximum Gasteiger partial charge on any atom is 0.344 e. The van der Waals surface area contributed by atoms with Gasteiger partial charge in [0.25, 0.3) is 5.69 Å². The molecule has 0 bridgehead atoms. The lowest BCUT2D eigenvalue weighted by Gasteiger charge is -2.30. The first-order chi connectivity index (χ1) is 15.2. The number of nitro groups is 1. The average Bonchev–Trinajstić information content (AvgIpc) is 2.76. The van der Waals surface area contributed by atoms with Gasteiger partial charge in [0, 0.05) is 29.1 Å². The smallest absolute Gasteiger partial charge is 0.344 e. The van der Waals surface area contributed by atoms with E-state index in [1.807, 2.05) is 0 Å². The number of nitrogens with zero attached hydrogens (tertiary/aromatic N) is 1. The molecule has 0 aromatic heterocycles. The summed E-state index contributed by atoms with van der Waals surface area (Å²) in [6.07, 6.45) is 0. The molecule has 11 heteroatoms. The van der Waals surface area contributed by atoms with Gasteiger partial charge in [-0.15, -0.1) is 0 Å². The summed E-state index contributed by atoms with van der Waals surface area (Å²) in [5, 5.41) is 14.4. The van der Waals surface area contributed by atoms with Gasteiger partial charge in [-0.3, -0.25) is 10.1 Å². The summed E-state index contributed by atoms with van der Waals surface area (Å²) in [5.41, 5.74) is 0.667. The van der Waals surface area contributed by atoms with Crippen LogP contribution in [0.1, 0.15) is 32.3 Å². The van der Waals surface area contributed by atoms with Crippen LogP contribution in [0.2, 0.25) is 0 Å². The topological polar surface area (TPSA) is 143 Å². The molecule has 0 fully saturated rings. The maximum atomic E-state index is 12.7. The van der Waals surface area contributed by atoms with Gasteiger partial charge >= 0.3 is 17.9 Å².